The summed E-state index contributed by atoms with van der Waals surface area (Å²) >= 11 is 0. The van der Waals surface area contributed by atoms with Crippen molar-refractivity contribution in [1.29, 1.82) is 0 Å². The molecule has 6 heteroatoms. The van der Waals surface area contributed by atoms with Crippen LogP contribution in [0, 0.1) is 0 Å². The highest BCUT2D eigenvalue weighted by molar-refractivity contribution is 5.74. The summed E-state index contributed by atoms with van der Waals surface area (Å²) in [7, 11) is 0. The topological polar surface area (TPSA) is 61.4 Å². The third kappa shape index (κ3) is 3.00. The standard InChI is InChI=1S/C14H21N5O/c20-14(18-8-1-2-9-18)17-12-5-3-10-19(11-12)13-15-6-4-7-16-13/h4,6-7,12H,1-3,5,8-11H2,(H,17,20)/t12-/m1/s1. The molecule has 0 radical (unpaired) electrons. The van der Waals surface area contributed by atoms with E-state index in [1.165, 1.54) is 0 Å². The Bertz CT molecular complexity index is 446. The number of nitrogens with zero attached hydrogens (tertiary/aromatic N) is 4. The van der Waals surface area contributed by atoms with E-state index in [0.717, 1.165) is 57.8 Å². The number of urea groups is 1. The largest absolute Gasteiger partial charge is 0.339 e. The quantitative estimate of drug-likeness (QED) is 0.882. The lowest BCUT2D eigenvalue weighted by Gasteiger charge is -2.33. The van der Waals surface area contributed by atoms with Crippen molar-refractivity contribution < 1.29 is 4.79 Å². The molecule has 108 valence electrons. The molecule has 2 aliphatic rings. The zero-order valence-electron chi connectivity index (χ0n) is 11.7. The third-order valence-electron chi connectivity index (χ3n) is 3.98. The third-order valence-corrected chi connectivity index (χ3v) is 3.98. The van der Waals surface area contributed by atoms with Crippen LogP contribution in [-0.2, 0) is 0 Å². The SMILES string of the molecule is O=C(N[C@@H]1CCCN(c2ncccn2)C1)N1CCCC1. The van der Waals surface area contributed by atoms with Crippen molar-refractivity contribution in [2.45, 2.75) is 31.7 Å². The maximum Gasteiger partial charge on any atom is 0.317 e. The van der Waals surface area contributed by atoms with Gasteiger partial charge in [0.25, 0.3) is 0 Å². The minimum Gasteiger partial charge on any atom is -0.339 e. The summed E-state index contributed by atoms with van der Waals surface area (Å²) in [6.45, 7) is 3.54. The van der Waals surface area contributed by atoms with E-state index in [9.17, 15) is 4.79 Å². The number of piperidine rings is 1. The number of nitrogens with one attached hydrogen (secondary N) is 1. The van der Waals surface area contributed by atoms with Crippen LogP contribution in [0.1, 0.15) is 25.7 Å². The molecule has 1 atom stereocenters. The van der Waals surface area contributed by atoms with Gasteiger partial charge in [-0.25, -0.2) is 14.8 Å². The number of rotatable bonds is 2. The molecule has 2 amide bonds. The van der Waals surface area contributed by atoms with Crippen LogP contribution < -0.4 is 10.2 Å². The molecule has 1 N–H and O–H groups in total. The van der Waals surface area contributed by atoms with Gasteiger partial charge in [0.15, 0.2) is 0 Å². The van der Waals surface area contributed by atoms with Crippen molar-refractivity contribution >= 4 is 12.0 Å². The number of hydrogen-bond acceptors (Lipinski definition) is 4. The highest BCUT2D eigenvalue weighted by Gasteiger charge is 2.25. The Hall–Kier alpha value is -1.85. The summed E-state index contributed by atoms with van der Waals surface area (Å²) < 4.78 is 0. The molecule has 0 spiro atoms. The van der Waals surface area contributed by atoms with Crippen LogP contribution in [0.4, 0.5) is 10.7 Å². The van der Waals surface area contributed by atoms with E-state index < -0.39 is 0 Å². The smallest absolute Gasteiger partial charge is 0.317 e. The van der Waals surface area contributed by atoms with Crippen molar-refractivity contribution in [3.63, 3.8) is 0 Å². The first-order valence-electron chi connectivity index (χ1n) is 7.40. The van der Waals surface area contributed by atoms with E-state index in [2.05, 4.69) is 20.2 Å². The van der Waals surface area contributed by atoms with Gasteiger partial charge >= 0.3 is 6.03 Å². The molecule has 2 fully saturated rings. The number of hydrogen-bond donors (Lipinski definition) is 1. The molecule has 1 aromatic heterocycles. The van der Waals surface area contributed by atoms with Gasteiger partial charge in [-0.1, -0.05) is 0 Å². The van der Waals surface area contributed by atoms with Gasteiger partial charge in [-0.3, -0.25) is 0 Å². The van der Waals surface area contributed by atoms with Gasteiger partial charge in [0.05, 0.1) is 0 Å². The minimum atomic E-state index is 0.0864. The monoisotopic (exact) mass is 275 g/mol. The predicted molar refractivity (Wildman–Crippen MR) is 76.6 cm³/mol. The Kier molecular flexibility index (Phi) is 3.99. The molecule has 2 saturated heterocycles. The van der Waals surface area contributed by atoms with Crippen LogP contribution in [0.25, 0.3) is 0 Å². The summed E-state index contributed by atoms with van der Waals surface area (Å²) in [4.78, 5) is 24.8. The Morgan fingerprint density at radius 3 is 2.65 bits per heavy atom. The van der Waals surface area contributed by atoms with E-state index in [0.29, 0.717) is 0 Å². The van der Waals surface area contributed by atoms with Gasteiger partial charge < -0.3 is 15.1 Å². The van der Waals surface area contributed by atoms with Crippen molar-refractivity contribution in [1.82, 2.24) is 20.2 Å². The summed E-state index contributed by atoms with van der Waals surface area (Å²) in [5.41, 5.74) is 0. The Morgan fingerprint density at radius 1 is 1.15 bits per heavy atom. The van der Waals surface area contributed by atoms with Crippen molar-refractivity contribution in [2.24, 2.45) is 0 Å². The molecule has 0 unspecified atom stereocenters. The first kappa shape index (κ1) is 13.1. The first-order chi connectivity index (χ1) is 9.83. The number of likely N-dealkylation sites (tertiary alicyclic amines) is 1. The van der Waals surface area contributed by atoms with E-state index in [-0.39, 0.29) is 12.1 Å². The van der Waals surface area contributed by atoms with Crippen molar-refractivity contribution in [3.8, 4) is 0 Å². The van der Waals surface area contributed by atoms with Gasteiger partial charge in [-0.15, -0.1) is 0 Å². The maximum atomic E-state index is 12.1. The zero-order chi connectivity index (χ0) is 13.8. The van der Waals surface area contributed by atoms with Gasteiger partial charge in [-0.2, -0.15) is 0 Å². The molecule has 0 aliphatic carbocycles. The number of aromatic nitrogens is 2. The molecular formula is C14H21N5O. The fourth-order valence-corrected chi connectivity index (χ4v) is 2.92. The molecule has 1 aromatic rings. The van der Waals surface area contributed by atoms with E-state index in [4.69, 9.17) is 0 Å². The van der Waals surface area contributed by atoms with E-state index >= 15 is 0 Å². The van der Waals surface area contributed by atoms with Crippen molar-refractivity contribution in [2.75, 3.05) is 31.1 Å². The molecule has 20 heavy (non-hydrogen) atoms. The minimum absolute atomic E-state index is 0.0864. The molecule has 2 aliphatic heterocycles. The zero-order valence-corrected chi connectivity index (χ0v) is 11.7. The average Bonchev–Trinajstić information content (AvgIpc) is 3.03. The molecule has 0 bridgehead atoms. The maximum absolute atomic E-state index is 12.1. The molecule has 0 aromatic carbocycles. The fourth-order valence-electron chi connectivity index (χ4n) is 2.92. The Morgan fingerprint density at radius 2 is 1.90 bits per heavy atom. The lowest BCUT2D eigenvalue weighted by molar-refractivity contribution is 0.202. The lowest BCUT2D eigenvalue weighted by atomic mass is 10.1. The van der Waals surface area contributed by atoms with Crippen LogP contribution in [0.2, 0.25) is 0 Å². The number of anilines is 1. The van der Waals surface area contributed by atoms with Gasteiger partial charge in [0.1, 0.15) is 0 Å². The summed E-state index contributed by atoms with van der Waals surface area (Å²) in [5.74, 6) is 0.757. The Balaban J connectivity index is 1.56. The predicted octanol–water partition coefficient (Wildman–Crippen LogP) is 1.25. The number of carbonyl (C=O) groups is 1. The highest BCUT2D eigenvalue weighted by Crippen LogP contribution is 2.16. The lowest BCUT2D eigenvalue weighted by Crippen LogP contribution is -2.51. The van der Waals surface area contributed by atoms with Gasteiger partial charge in [-0.05, 0) is 31.7 Å². The van der Waals surface area contributed by atoms with Crippen molar-refractivity contribution in [3.05, 3.63) is 18.5 Å². The summed E-state index contributed by atoms with van der Waals surface area (Å²) in [6.07, 6.45) is 7.86. The molecule has 3 heterocycles. The second-order valence-electron chi connectivity index (χ2n) is 5.48. The summed E-state index contributed by atoms with van der Waals surface area (Å²) in [6, 6.07) is 2.10. The average molecular weight is 275 g/mol. The van der Waals surface area contributed by atoms with Crippen LogP contribution in [0.5, 0.6) is 0 Å². The molecule has 6 nitrogen and oxygen atoms in total. The van der Waals surface area contributed by atoms with Gasteiger partial charge in [0.2, 0.25) is 5.95 Å². The van der Waals surface area contributed by atoms with Crippen LogP contribution in [-0.4, -0.2) is 53.1 Å². The van der Waals surface area contributed by atoms with E-state index in [1.807, 2.05) is 11.0 Å². The highest BCUT2D eigenvalue weighted by atomic mass is 16.2. The second-order valence-corrected chi connectivity index (χ2v) is 5.48. The number of carbonyl (C=O) groups excluding carboxylic acids is 1. The summed E-state index contributed by atoms with van der Waals surface area (Å²) in [5, 5.41) is 3.15. The van der Waals surface area contributed by atoms with E-state index in [1.54, 1.807) is 12.4 Å². The first-order valence-corrected chi connectivity index (χ1v) is 7.40. The molecular weight excluding hydrogens is 254 g/mol. The molecule has 0 saturated carbocycles. The molecule has 3 rings (SSSR count). The normalized spacial score (nSPS) is 22.9. The fraction of sp³-hybridized carbons (Fsp3) is 0.643. The van der Waals surface area contributed by atoms with Crippen LogP contribution in [0.3, 0.4) is 0 Å². The second kappa shape index (κ2) is 6.07. The Labute approximate surface area is 119 Å². The van der Waals surface area contributed by atoms with Crippen LogP contribution in [0.15, 0.2) is 18.5 Å². The van der Waals surface area contributed by atoms with Gasteiger partial charge in [0, 0.05) is 44.6 Å². The number of amides is 2. The van der Waals surface area contributed by atoms with Crippen LogP contribution >= 0.6 is 0 Å².